The minimum atomic E-state index is -0.196. The van der Waals surface area contributed by atoms with E-state index in [0.29, 0.717) is 11.7 Å². The quantitative estimate of drug-likeness (QED) is 0.794. The van der Waals surface area contributed by atoms with Gasteiger partial charge in [0.1, 0.15) is 5.75 Å². The van der Waals surface area contributed by atoms with E-state index in [1.165, 1.54) is 11.8 Å². The third kappa shape index (κ3) is 3.48. The van der Waals surface area contributed by atoms with E-state index in [4.69, 9.17) is 10.5 Å². The lowest BCUT2D eigenvalue weighted by atomic mass is 10.1. The molecule has 0 saturated heterocycles. The molecule has 0 aliphatic heterocycles. The van der Waals surface area contributed by atoms with Crippen LogP contribution in [0, 0.1) is 0 Å². The van der Waals surface area contributed by atoms with Gasteiger partial charge in [0.15, 0.2) is 5.16 Å². The lowest BCUT2D eigenvalue weighted by Gasteiger charge is -2.20. The van der Waals surface area contributed by atoms with Crippen molar-refractivity contribution in [2.45, 2.75) is 36.8 Å². The first-order chi connectivity index (χ1) is 10.1. The van der Waals surface area contributed by atoms with Crippen LogP contribution >= 0.6 is 11.8 Å². The lowest BCUT2D eigenvalue weighted by Crippen LogP contribution is -2.23. The van der Waals surface area contributed by atoms with Crippen LogP contribution in [-0.4, -0.2) is 27.9 Å². The molecule has 0 spiro atoms. The van der Waals surface area contributed by atoms with Crippen molar-refractivity contribution in [1.29, 1.82) is 0 Å². The first-order valence-electron chi connectivity index (χ1n) is 6.78. The molecule has 3 N–H and O–H groups in total. The molecule has 0 saturated carbocycles. The normalized spacial score (nSPS) is 13.9. The first-order valence-corrected chi connectivity index (χ1v) is 7.66. The largest absolute Gasteiger partial charge is 0.497 e. The fourth-order valence-corrected chi connectivity index (χ4v) is 3.23. The standard InChI is InChI=1S/C14H20N4O2S/c1-4-18-13(19)16-17-14(18)21-12(9(2)15)10-5-7-11(20-3)8-6-10/h5-9,12H,4,15H2,1-3H3,(H,16,19). The van der Waals surface area contributed by atoms with Crippen molar-refractivity contribution in [2.24, 2.45) is 5.73 Å². The predicted molar refractivity (Wildman–Crippen MR) is 83.8 cm³/mol. The zero-order chi connectivity index (χ0) is 15.4. The number of nitrogens with zero attached hydrogens (tertiary/aromatic N) is 2. The van der Waals surface area contributed by atoms with Crippen LogP contribution in [0.3, 0.4) is 0 Å². The Bertz CT molecular complexity index is 633. The smallest absolute Gasteiger partial charge is 0.343 e. The van der Waals surface area contributed by atoms with Gasteiger partial charge in [-0.3, -0.25) is 4.57 Å². The van der Waals surface area contributed by atoms with E-state index in [2.05, 4.69) is 10.2 Å². The molecule has 7 heteroatoms. The molecule has 0 aliphatic carbocycles. The number of aromatic nitrogens is 3. The molecule has 2 aromatic rings. The van der Waals surface area contributed by atoms with Crippen LogP contribution < -0.4 is 16.2 Å². The maximum atomic E-state index is 11.6. The average Bonchev–Trinajstić information content (AvgIpc) is 2.84. The van der Waals surface area contributed by atoms with Gasteiger partial charge >= 0.3 is 5.69 Å². The number of hydrogen-bond donors (Lipinski definition) is 2. The van der Waals surface area contributed by atoms with Gasteiger partial charge in [-0.2, -0.15) is 0 Å². The van der Waals surface area contributed by atoms with E-state index >= 15 is 0 Å². The van der Waals surface area contributed by atoms with Crippen LogP contribution in [-0.2, 0) is 6.54 Å². The molecule has 0 fully saturated rings. The minimum absolute atomic E-state index is 0.0106. The zero-order valence-electron chi connectivity index (χ0n) is 12.4. The Morgan fingerprint density at radius 2 is 2.10 bits per heavy atom. The number of methoxy groups -OCH3 is 1. The average molecular weight is 308 g/mol. The number of rotatable bonds is 6. The summed E-state index contributed by atoms with van der Waals surface area (Å²) in [4.78, 5) is 11.6. The second-order valence-electron chi connectivity index (χ2n) is 4.73. The van der Waals surface area contributed by atoms with Gasteiger partial charge in [-0.1, -0.05) is 23.9 Å². The Morgan fingerprint density at radius 3 is 2.62 bits per heavy atom. The molecule has 0 aliphatic rings. The van der Waals surface area contributed by atoms with Crippen LogP contribution in [0.5, 0.6) is 5.75 Å². The van der Waals surface area contributed by atoms with Gasteiger partial charge in [-0.05, 0) is 31.5 Å². The second kappa shape index (κ2) is 6.82. The third-order valence-corrected chi connectivity index (χ3v) is 4.67. The van der Waals surface area contributed by atoms with E-state index in [9.17, 15) is 4.79 Å². The summed E-state index contributed by atoms with van der Waals surface area (Å²) in [5, 5.41) is 7.22. The van der Waals surface area contributed by atoms with Gasteiger partial charge < -0.3 is 10.5 Å². The van der Waals surface area contributed by atoms with Crippen molar-refractivity contribution in [2.75, 3.05) is 7.11 Å². The van der Waals surface area contributed by atoms with Crippen molar-refractivity contribution >= 4 is 11.8 Å². The zero-order valence-corrected chi connectivity index (χ0v) is 13.2. The van der Waals surface area contributed by atoms with Crippen molar-refractivity contribution in [3.63, 3.8) is 0 Å². The first kappa shape index (κ1) is 15.7. The molecule has 0 radical (unpaired) electrons. The van der Waals surface area contributed by atoms with Crippen molar-refractivity contribution in [1.82, 2.24) is 14.8 Å². The maximum absolute atomic E-state index is 11.6. The van der Waals surface area contributed by atoms with E-state index in [0.717, 1.165) is 11.3 Å². The molecule has 21 heavy (non-hydrogen) atoms. The molecule has 0 amide bonds. The summed E-state index contributed by atoms with van der Waals surface area (Å²) in [7, 11) is 1.64. The fourth-order valence-electron chi connectivity index (χ4n) is 2.06. The summed E-state index contributed by atoms with van der Waals surface area (Å²) in [5.74, 6) is 0.803. The summed E-state index contributed by atoms with van der Waals surface area (Å²) in [5.41, 5.74) is 6.99. The number of H-pyrrole nitrogens is 1. The molecule has 6 nitrogen and oxygen atoms in total. The molecule has 2 rings (SSSR count). The maximum Gasteiger partial charge on any atom is 0.343 e. The topological polar surface area (TPSA) is 85.9 Å². The van der Waals surface area contributed by atoms with Crippen LogP contribution in [0.4, 0.5) is 0 Å². The van der Waals surface area contributed by atoms with Gasteiger partial charge in [0.2, 0.25) is 0 Å². The van der Waals surface area contributed by atoms with E-state index in [1.807, 2.05) is 38.1 Å². The van der Waals surface area contributed by atoms with Crippen molar-refractivity contribution in [3.05, 3.63) is 40.3 Å². The highest BCUT2D eigenvalue weighted by Crippen LogP contribution is 2.36. The Balaban J connectivity index is 2.28. The molecule has 2 atom stereocenters. The monoisotopic (exact) mass is 308 g/mol. The van der Waals surface area contributed by atoms with E-state index in [1.54, 1.807) is 11.7 Å². The number of hydrogen-bond acceptors (Lipinski definition) is 5. The Morgan fingerprint density at radius 1 is 1.43 bits per heavy atom. The fraction of sp³-hybridized carbons (Fsp3) is 0.429. The Hall–Kier alpha value is -1.73. The highest BCUT2D eigenvalue weighted by atomic mass is 32.2. The number of nitrogens with one attached hydrogen (secondary N) is 1. The van der Waals surface area contributed by atoms with Crippen LogP contribution in [0.2, 0.25) is 0 Å². The molecule has 114 valence electrons. The second-order valence-corrected chi connectivity index (χ2v) is 5.84. The third-order valence-electron chi connectivity index (χ3n) is 3.19. The van der Waals surface area contributed by atoms with Gasteiger partial charge in [-0.25, -0.2) is 9.89 Å². The molecular formula is C14H20N4O2S. The predicted octanol–water partition coefficient (Wildman–Crippen LogP) is 1.78. The van der Waals surface area contributed by atoms with Gasteiger partial charge in [0, 0.05) is 12.6 Å². The van der Waals surface area contributed by atoms with Gasteiger partial charge in [0.05, 0.1) is 12.4 Å². The van der Waals surface area contributed by atoms with E-state index in [-0.39, 0.29) is 17.0 Å². The Labute approximate surface area is 127 Å². The number of nitrogens with two attached hydrogens (primary N) is 1. The highest BCUT2D eigenvalue weighted by molar-refractivity contribution is 7.99. The number of benzene rings is 1. The molecule has 1 aromatic carbocycles. The van der Waals surface area contributed by atoms with Crippen LogP contribution in [0.1, 0.15) is 24.7 Å². The summed E-state index contributed by atoms with van der Waals surface area (Å²) in [6, 6.07) is 7.70. The highest BCUT2D eigenvalue weighted by Gasteiger charge is 2.21. The number of thioether (sulfide) groups is 1. The molecule has 0 bridgehead atoms. The van der Waals surface area contributed by atoms with Crippen LogP contribution in [0.25, 0.3) is 0 Å². The lowest BCUT2D eigenvalue weighted by molar-refractivity contribution is 0.414. The molecule has 1 heterocycles. The molecule has 1 aromatic heterocycles. The number of aromatic amines is 1. The summed E-state index contributed by atoms with van der Waals surface area (Å²) in [6.45, 7) is 4.43. The molecular weight excluding hydrogens is 288 g/mol. The number of ether oxygens (including phenoxy) is 1. The summed E-state index contributed by atoms with van der Waals surface area (Å²) < 4.78 is 6.77. The minimum Gasteiger partial charge on any atom is -0.497 e. The van der Waals surface area contributed by atoms with E-state index < -0.39 is 0 Å². The van der Waals surface area contributed by atoms with Crippen molar-refractivity contribution in [3.8, 4) is 5.75 Å². The Kier molecular flexibility index (Phi) is 5.08. The van der Waals surface area contributed by atoms with Gasteiger partial charge in [-0.15, -0.1) is 5.10 Å². The summed E-state index contributed by atoms with van der Waals surface area (Å²) in [6.07, 6.45) is 0. The van der Waals surface area contributed by atoms with Gasteiger partial charge in [0.25, 0.3) is 0 Å². The molecule has 2 unspecified atom stereocenters. The summed E-state index contributed by atoms with van der Waals surface area (Å²) >= 11 is 1.49. The van der Waals surface area contributed by atoms with Crippen molar-refractivity contribution < 1.29 is 4.74 Å². The SMILES string of the molecule is CCn1c(SC(c2ccc(OC)cc2)C(C)N)n[nH]c1=O. The van der Waals surface area contributed by atoms with Crippen LogP contribution in [0.15, 0.2) is 34.2 Å².